The van der Waals surface area contributed by atoms with Crippen molar-refractivity contribution in [2.75, 3.05) is 6.61 Å². The Morgan fingerprint density at radius 2 is 1.87 bits per heavy atom. The Bertz CT molecular complexity index is 1080. The van der Waals surface area contributed by atoms with Gasteiger partial charge in [-0.25, -0.2) is 9.48 Å². The SMILES string of the molecule is CCCOc1cc(=NC(=O)Oc2cccc(C(F)(F)F)c2)cnn1-c1ccccc1. The number of halogens is 3. The molecule has 0 N–H and O–H groups in total. The highest BCUT2D eigenvalue weighted by Gasteiger charge is 2.30. The number of aromatic nitrogens is 2. The molecule has 30 heavy (non-hydrogen) atoms. The number of rotatable bonds is 5. The van der Waals surface area contributed by atoms with E-state index in [1.807, 2.05) is 37.3 Å². The number of carbonyl (C=O) groups excluding carboxylic acids is 1. The van der Waals surface area contributed by atoms with Crippen molar-refractivity contribution >= 4 is 6.09 Å². The third-order valence-corrected chi connectivity index (χ3v) is 3.83. The van der Waals surface area contributed by atoms with Crippen molar-refractivity contribution in [1.82, 2.24) is 9.78 Å². The Labute approximate surface area is 170 Å². The van der Waals surface area contributed by atoms with Crippen LogP contribution in [0.5, 0.6) is 11.6 Å². The number of hydrogen-bond acceptors (Lipinski definition) is 4. The molecule has 0 aliphatic heterocycles. The predicted molar refractivity (Wildman–Crippen MR) is 102 cm³/mol. The van der Waals surface area contributed by atoms with Gasteiger partial charge in [0, 0.05) is 6.07 Å². The first-order valence-corrected chi connectivity index (χ1v) is 9.08. The molecule has 3 rings (SSSR count). The van der Waals surface area contributed by atoms with E-state index in [9.17, 15) is 18.0 Å². The minimum Gasteiger partial charge on any atom is -0.478 e. The van der Waals surface area contributed by atoms with Gasteiger partial charge in [-0.05, 0) is 36.8 Å². The second-order valence-electron chi connectivity index (χ2n) is 6.15. The van der Waals surface area contributed by atoms with Crippen molar-refractivity contribution in [3.63, 3.8) is 0 Å². The zero-order chi connectivity index (χ0) is 21.6. The average molecular weight is 417 g/mol. The third-order valence-electron chi connectivity index (χ3n) is 3.83. The summed E-state index contributed by atoms with van der Waals surface area (Å²) in [5.41, 5.74) is -0.171. The molecule has 0 spiro atoms. The number of amides is 1. The van der Waals surface area contributed by atoms with Crippen molar-refractivity contribution in [2.45, 2.75) is 19.5 Å². The second kappa shape index (κ2) is 9.25. The number of alkyl halides is 3. The maximum Gasteiger partial charge on any atom is 0.439 e. The fourth-order valence-corrected chi connectivity index (χ4v) is 2.50. The summed E-state index contributed by atoms with van der Waals surface area (Å²) >= 11 is 0. The number of nitrogens with zero attached hydrogens (tertiary/aromatic N) is 3. The summed E-state index contributed by atoms with van der Waals surface area (Å²) in [4.78, 5) is 15.8. The van der Waals surface area contributed by atoms with E-state index in [1.54, 1.807) is 4.68 Å². The normalized spacial score (nSPS) is 11.9. The fraction of sp³-hybridized carbons (Fsp3) is 0.190. The van der Waals surface area contributed by atoms with Gasteiger partial charge in [-0.1, -0.05) is 31.2 Å². The quantitative estimate of drug-likeness (QED) is 0.599. The van der Waals surface area contributed by atoms with Crippen LogP contribution in [0.1, 0.15) is 18.9 Å². The summed E-state index contributed by atoms with van der Waals surface area (Å²) in [5.74, 6) is 0.0976. The summed E-state index contributed by atoms with van der Waals surface area (Å²) < 4.78 is 50.5. The molecule has 9 heteroatoms. The van der Waals surface area contributed by atoms with Crippen LogP contribution in [0, 0.1) is 0 Å². The van der Waals surface area contributed by atoms with E-state index in [1.165, 1.54) is 18.3 Å². The van der Waals surface area contributed by atoms with Crippen LogP contribution in [-0.2, 0) is 6.18 Å². The maximum absolute atomic E-state index is 12.8. The van der Waals surface area contributed by atoms with Gasteiger partial charge in [-0.3, -0.25) is 0 Å². The van der Waals surface area contributed by atoms with E-state index >= 15 is 0 Å². The van der Waals surface area contributed by atoms with Crippen LogP contribution in [0.15, 0.2) is 71.9 Å². The maximum atomic E-state index is 12.8. The van der Waals surface area contributed by atoms with Crippen molar-refractivity contribution in [3.05, 3.63) is 77.8 Å². The average Bonchev–Trinajstić information content (AvgIpc) is 2.72. The summed E-state index contributed by atoms with van der Waals surface area (Å²) in [6, 6.07) is 14.7. The van der Waals surface area contributed by atoms with Gasteiger partial charge < -0.3 is 9.47 Å². The lowest BCUT2D eigenvalue weighted by atomic mass is 10.2. The molecule has 1 amide bonds. The van der Waals surface area contributed by atoms with Crippen molar-refractivity contribution in [2.24, 2.45) is 4.99 Å². The lowest BCUT2D eigenvalue weighted by Crippen LogP contribution is -2.16. The number of para-hydroxylation sites is 1. The standard InChI is InChI=1S/C21H18F3N3O3/c1-2-11-29-19-13-16(14-25-27(19)17-8-4-3-5-9-17)26-20(28)30-18-10-6-7-15(12-18)21(22,23)24/h3-10,12-14H,2,11H2,1H3. The predicted octanol–water partition coefficient (Wildman–Crippen LogP) is 4.78. The molecular formula is C21H18F3N3O3. The molecule has 6 nitrogen and oxygen atoms in total. The summed E-state index contributed by atoms with van der Waals surface area (Å²) in [6.07, 6.45) is -3.53. The Morgan fingerprint density at radius 3 is 2.57 bits per heavy atom. The van der Waals surface area contributed by atoms with E-state index in [-0.39, 0.29) is 11.1 Å². The van der Waals surface area contributed by atoms with E-state index in [4.69, 9.17) is 9.47 Å². The summed E-state index contributed by atoms with van der Waals surface area (Å²) in [5, 5.41) is 4.39. The molecule has 0 unspecified atom stereocenters. The van der Waals surface area contributed by atoms with E-state index in [2.05, 4.69) is 10.1 Å². The minimum absolute atomic E-state index is 0.144. The molecule has 1 heterocycles. The smallest absolute Gasteiger partial charge is 0.439 e. The van der Waals surface area contributed by atoms with Crippen LogP contribution in [0.3, 0.4) is 0 Å². The Balaban J connectivity index is 1.87. The molecule has 0 atom stereocenters. The van der Waals surface area contributed by atoms with Gasteiger partial charge in [0.2, 0.25) is 5.88 Å². The zero-order valence-corrected chi connectivity index (χ0v) is 16.0. The van der Waals surface area contributed by atoms with Gasteiger partial charge in [-0.2, -0.15) is 23.3 Å². The van der Waals surface area contributed by atoms with E-state index in [0.29, 0.717) is 12.5 Å². The Morgan fingerprint density at radius 1 is 1.10 bits per heavy atom. The molecule has 0 aliphatic rings. The lowest BCUT2D eigenvalue weighted by Gasteiger charge is -2.12. The number of hydrogen-bond donors (Lipinski definition) is 0. The summed E-state index contributed by atoms with van der Waals surface area (Å²) in [7, 11) is 0. The first-order chi connectivity index (χ1) is 14.4. The second-order valence-corrected chi connectivity index (χ2v) is 6.15. The molecule has 0 saturated carbocycles. The highest BCUT2D eigenvalue weighted by Crippen LogP contribution is 2.31. The fourth-order valence-electron chi connectivity index (χ4n) is 2.50. The van der Waals surface area contributed by atoms with Crippen LogP contribution >= 0.6 is 0 Å². The van der Waals surface area contributed by atoms with E-state index in [0.717, 1.165) is 30.3 Å². The number of ether oxygens (including phenoxy) is 2. The number of benzene rings is 2. The number of carbonyl (C=O) groups is 1. The van der Waals surface area contributed by atoms with Gasteiger partial charge in [0.15, 0.2) is 0 Å². The molecule has 2 aromatic carbocycles. The molecule has 0 fully saturated rings. The van der Waals surface area contributed by atoms with Crippen LogP contribution < -0.4 is 14.8 Å². The van der Waals surface area contributed by atoms with Crippen LogP contribution in [0.2, 0.25) is 0 Å². The molecule has 1 aromatic heterocycles. The van der Waals surface area contributed by atoms with Gasteiger partial charge in [0.05, 0.1) is 29.4 Å². The Hall–Kier alpha value is -3.62. The molecular weight excluding hydrogens is 399 g/mol. The molecule has 0 radical (unpaired) electrons. The molecule has 3 aromatic rings. The first-order valence-electron chi connectivity index (χ1n) is 9.08. The van der Waals surface area contributed by atoms with Crippen LogP contribution in [-0.4, -0.2) is 22.5 Å². The summed E-state index contributed by atoms with van der Waals surface area (Å²) in [6.45, 7) is 2.37. The molecule has 0 aliphatic carbocycles. The van der Waals surface area contributed by atoms with Crippen molar-refractivity contribution in [1.29, 1.82) is 0 Å². The van der Waals surface area contributed by atoms with Gasteiger partial charge >= 0.3 is 12.3 Å². The van der Waals surface area contributed by atoms with Crippen molar-refractivity contribution in [3.8, 4) is 17.3 Å². The highest BCUT2D eigenvalue weighted by atomic mass is 19.4. The monoisotopic (exact) mass is 417 g/mol. The third kappa shape index (κ3) is 5.47. The highest BCUT2D eigenvalue weighted by molar-refractivity contribution is 5.71. The van der Waals surface area contributed by atoms with E-state index < -0.39 is 17.8 Å². The molecule has 0 bridgehead atoms. The lowest BCUT2D eigenvalue weighted by molar-refractivity contribution is -0.137. The van der Waals surface area contributed by atoms with Gasteiger partial charge in [0.1, 0.15) is 5.75 Å². The zero-order valence-electron chi connectivity index (χ0n) is 16.0. The molecule has 156 valence electrons. The Kier molecular flexibility index (Phi) is 6.51. The minimum atomic E-state index is -4.54. The van der Waals surface area contributed by atoms with Crippen LogP contribution in [0.4, 0.5) is 18.0 Å². The van der Waals surface area contributed by atoms with Gasteiger partial charge in [0.25, 0.3) is 0 Å². The first kappa shape index (κ1) is 21.1. The molecule has 0 saturated heterocycles. The topological polar surface area (TPSA) is 65.7 Å². The van der Waals surface area contributed by atoms with Crippen molar-refractivity contribution < 1.29 is 27.4 Å². The largest absolute Gasteiger partial charge is 0.478 e. The van der Waals surface area contributed by atoms with Crippen LogP contribution in [0.25, 0.3) is 5.69 Å². The van der Waals surface area contributed by atoms with Gasteiger partial charge in [-0.15, -0.1) is 0 Å².